The van der Waals surface area contributed by atoms with Crippen LogP contribution in [-0.2, 0) is 20.2 Å². The quantitative estimate of drug-likeness (QED) is 0.801. The zero-order valence-corrected chi connectivity index (χ0v) is 10.4. The lowest BCUT2D eigenvalue weighted by molar-refractivity contribution is 0.482. The number of hydrogen-bond donors (Lipinski definition) is 2. The predicted octanol–water partition coefficient (Wildman–Crippen LogP) is 1.13. The van der Waals surface area contributed by atoms with Crippen LogP contribution in [0.3, 0.4) is 0 Å². The average Bonchev–Trinajstić information content (AvgIpc) is 2.25. The summed E-state index contributed by atoms with van der Waals surface area (Å²) in [5.74, 6) is 0. The molecule has 95 valence electrons. The molecule has 2 N–H and O–H groups in total. The Kier molecular flexibility index (Phi) is 2.90. The largest absolute Gasteiger partial charge is 0.295 e. The molecule has 0 aliphatic carbocycles. The molecule has 0 amide bonds. The highest BCUT2D eigenvalue weighted by Gasteiger charge is 2.16. The fraction of sp³-hybridized carbons (Fsp3) is 0. The molecule has 0 atom stereocenters. The van der Waals surface area contributed by atoms with Crippen LogP contribution >= 0.6 is 0 Å². The van der Waals surface area contributed by atoms with Gasteiger partial charge in [-0.25, -0.2) is 0 Å². The lowest BCUT2D eigenvalue weighted by atomic mass is 10.1. The van der Waals surface area contributed by atoms with Crippen molar-refractivity contribution in [3.8, 4) is 0 Å². The SMILES string of the molecule is O=S(=O)(O)c1ccc2c(S(=O)(=O)O)c[c]cc2c1. The first-order chi connectivity index (χ1) is 8.19. The predicted molar refractivity (Wildman–Crippen MR) is 62.4 cm³/mol. The van der Waals surface area contributed by atoms with E-state index in [1.165, 1.54) is 12.1 Å². The maximum atomic E-state index is 11.1. The molecule has 6 nitrogen and oxygen atoms in total. The van der Waals surface area contributed by atoms with Crippen molar-refractivity contribution in [1.82, 2.24) is 0 Å². The van der Waals surface area contributed by atoms with Crippen LogP contribution in [0.1, 0.15) is 0 Å². The van der Waals surface area contributed by atoms with Crippen LogP contribution in [0.4, 0.5) is 0 Å². The Hall–Kier alpha value is -1.48. The first-order valence-corrected chi connectivity index (χ1v) is 7.46. The minimum absolute atomic E-state index is 0.142. The van der Waals surface area contributed by atoms with Crippen molar-refractivity contribution in [3.05, 3.63) is 36.4 Å². The molecule has 0 saturated carbocycles. The number of rotatable bonds is 2. The van der Waals surface area contributed by atoms with Crippen LogP contribution in [0, 0.1) is 6.07 Å². The molecule has 18 heavy (non-hydrogen) atoms. The third-order valence-corrected chi connectivity index (χ3v) is 4.06. The van der Waals surface area contributed by atoms with Gasteiger partial charge in [-0.3, -0.25) is 9.11 Å². The van der Waals surface area contributed by atoms with Crippen molar-refractivity contribution in [2.45, 2.75) is 9.79 Å². The standard InChI is InChI=1S/C10H7O6S2/c11-17(12,13)8-4-5-9-7(6-8)2-1-3-10(9)18(14,15)16/h2-6H,(H,11,12,13)(H,14,15,16). The summed E-state index contributed by atoms with van der Waals surface area (Å²) in [6.45, 7) is 0. The van der Waals surface area contributed by atoms with Crippen LogP contribution in [0.25, 0.3) is 10.8 Å². The van der Waals surface area contributed by atoms with Crippen LogP contribution in [0.15, 0.2) is 40.1 Å². The van der Waals surface area contributed by atoms with Gasteiger partial charge >= 0.3 is 0 Å². The second-order valence-corrected chi connectivity index (χ2v) is 6.33. The Labute approximate surface area is 103 Å². The molecule has 0 aromatic heterocycles. The zero-order chi connectivity index (χ0) is 13.6. The molecule has 1 radical (unpaired) electrons. The molecule has 0 spiro atoms. The third kappa shape index (κ3) is 2.36. The highest BCUT2D eigenvalue weighted by molar-refractivity contribution is 7.86. The molecule has 0 bridgehead atoms. The summed E-state index contributed by atoms with van der Waals surface area (Å²) in [6, 6.07) is 8.22. The van der Waals surface area contributed by atoms with Gasteiger partial charge in [-0.2, -0.15) is 16.8 Å². The summed E-state index contributed by atoms with van der Waals surface area (Å²) >= 11 is 0. The van der Waals surface area contributed by atoms with Gasteiger partial charge in [0.05, 0.1) is 4.90 Å². The van der Waals surface area contributed by atoms with Crippen molar-refractivity contribution >= 4 is 31.0 Å². The highest BCUT2D eigenvalue weighted by atomic mass is 32.2. The molecule has 0 aliphatic heterocycles. The van der Waals surface area contributed by atoms with E-state index in [1.54, 1.807) is 0 Å². The fourth-order valence-corrected chi connectivity index (χ4v) is 2.74. The molecular weight excluding hydrogens is 280 g/mol. The average molecular weight is 287 g/mol. The van der Waals surface area contributed by atoms with Gasteiger partial charge in [-0.15, -0.1) is 0 Å². The summed E-state index contributed by atoms with van der Waals surface area (Å²) in [5.41, 5.74) is 0. The first-order valence-electron chi connectivity index (χ1n) is 4.58. The summed E-state index contributed by atoms with van der Waals surface area (Å²) in [7, 11) is -8.79. The molecule has 0 saturated heterocycles. The summed E-state index contributed by atoms with van der Waals surface area (Å²) in [4.78, 5) is -0.738. The van der Waals surface area contributed by atoms with E-state index in [4.69, 9.17) is 9.11 Å². The van der Waals surface area contributed by atoms with Gasteiger partial charge in [0.1, 0.15) is 4.90 Å². The molecule has 8 heteroatoms. The molecule has 2 aromatic carbocycles. The molecule has 2 aromatic rings. The molecule has 0 aliphatic rings. The second-order valence-electron chi connectivity index (χ2n) is 3.52. The Morgan fingerprint density at radius 2 is 1.61 bits per heavy atom. The van der Waals surface area contributed by atoms with Crippen molar-refractivity contribution < 1.29 is 25.9 Å². The van der Waals surface area contributed by atoms with E-state index >= 15 is 0 Å². The number of benzene rings is 2. The Morgan fingerprint density at radius 1 is 0.944 bits per heavy atom. The van der Waals surface area contributed by atoms with Gasteiger partial charge in [0.25, 0.3) is 20.2 Å². The first kappa shape index (κ1) is 13.0. The monoisotopic (exact) mass is 287 g/mol. The number of hydrogen-bond acceptors (Lipinski definition) is 4. The van der Waals surface area contributed by atoms with Crippen LogP contribution in [-0.4, -0.2) is 25.9 Å². The van der Waals surface area contributed by atoms with E-state index in [2.05, 4.69) is 6.07 Å². The molecular formula is C10H7O6S2. The smallest absolute Gasteiger partial charge is 0.282 e. The Balaban J connectivity index is 2.85. The van der Waals surface area contributed by atoms with Crippen LogP contribution < -0.4 is 0 Å². The summed E-state index contributed by atoms with van der Waals surface area (Å²) < 4.78 is 61.9. The Bertz CT molecular complexity index is 821. The van der Waals surface area contributed by atoms with Crippen LogP contribution in [0.2, 0.25) is 0 Å². The van der Waals surface area contributed by atoms with Gasteiger partial charge in [0, 0.05) is 5.39 Å². The van der Waals surface area contributed by atoms with Gasteiger partial charge < -0.3 is 0 Å². The van der Waals surface area contributed by atoms with E-state index in [1.807, 2.05) is 0 Å². The van der Waals surface area contributed by atoms with E-state index in [-0.39, 0.29) is 20.6 Å². The van der Waals surface area contributed by atoms with Crippen molar-refractivity contribution in [1.29, 1.82) is 0 Å². The topological polar surface area (TPSA) is 109 Å². The van der Waals surface area contributed by atoms with E-state index < -0.39 is 20.2 Å². The van der Waals surface area contributed by atoms with Gasteiger partial charge in [-0.1, -0.05) is 6.07 Å². The Morgan fingerprint density at radius 3 is 2.17 bits per heavy atom. The van der Waals surface area contributed by atoms with Gasteiger partial charge in [-0.05, 0) is 35.7 Å². The van der Waals surface area contributed by atoms with E-state index in [0.717, 1.165) is 18.2 Å². The van der Waals surface area contributed by atoms with E-state index in [9.17, 15) is 16.8 Å². The van der Waals surface area contributed by atoms with Crippen molar-refractivity contribution in [2.24, 2.45) is 0 Å². The minimum Gasteiger partial charge on any atom is -0.282 e. The molecule has 0 fully saturated rings. The van der Waals surface area contributed by atoms with Crippen molar-refractivity contribution in [3.63, 3.8) is 0 Å². The van der Waals surface area contributed by atoms with Crippen molar-refractivity contribution in [2.75, 3.05) is 0 Å². The molecule has 2 rings (SSSR count). The normalized spacial score (nSPS) is 12.8. The summed E-state index contributed by atoms with van der Waals surface area (Å²) in [5, 5.41) is 0.365. The van der Waals surface area contributed by atoms with Gasteiger partial charge in [0.2, 0.25) is 0 Å². The molecule has 0 unspecified atom stereocenters. The maximum absolute atomic E-state index is 11.1. The lowest BCUT2D eigenvalue weighted by Crippen LogP contribution is -2.01. The van der Waals surface area contributed by atoms with E-state index in [0.29, 0.717) is 0 Å². The zero-order valence-electron chi connectivity index (χ0n) is 8.73. The fourth-order valence-electron chi connectivity index (χ4n) is 1.54. The molecule has 0 heterocycles. The van der Waals surface area contributed by atoms with Crippen LogP contribution in [0.5, 0.6) is 0 Å². The third-order valence-electron chi connectivity index (χ3n) is 2.32. The summed E-state index contributed by atoms with van der Waals surface area (Å²) in [6.07, 6.45) is 0. The lowest BCUT2D eigenvalue weighted by Gasteiger charge is -2.04. The minimum atomic E-state index is -4.42. The maximum Gasteiger partial charge on any atom is 0.295 e. The van der Waals surface area contributed by atoms with Gasteiger partial charge in [0.15, 0.2) is 0 Å². The second kappa shape index (κ2) is 4.02. The number of fused-ring (bicyclic) bond motifs is 1. The highest BCUT2D eigenvalue weighted by Crippen LogP contribution is 2.25.